The molecule has 9 nitrogen and oxygen atoms in total. The van der Waals surface area contributed by atoms with E-state index < -0.39 is 0 Å². The van der Waals surface area contributed by atoms with Crippen molar-refractivity contribution < 1.29 is 9.53 Å². The molecule has 0 N–H and O–H groups in total. The monoisotopic (exact) mass is 427 g/mol. The predicted octanol–water partition coefficient (Wildman–Crippen LogP) is 1.11. The van der Waals surface area contributed by atoms with Crippen molar-refractivity contribution in [2.45, 2.75) is 38.3 Å². The molecule has 2 fully saturated rings. The molecule has 31 heavy (non-hydrogen) atoms. The number of aromatic nitrogens is 2. The standard InChI is InChI=1S/C22H33N7O2/c1-23-12-20(13-24-17-31-2)29-15-18-14-26(7-6-21(18)25-29)16-22(30)28-10-8-27(9-11-28)19-4-3-5-19/h12-13,15,19H,1,3-11,14,16-17H2,2H3/b20-12+,24-13-. The Balaban J connectivity index is 1.32. The summed E-state index contributed by atoms with van der Waals surface area (Å²) in [6.07, 6.45) is 10.2. The van der Waals surface area contributed by atoms with E-state index >= 15 is 0 Å². The Hall–Kier alpha value is -2.36. The average molecular weight is 428 g/mol. The van der Waals surface area contributed by atoms with Crippen LogP contribution in [-0.4, -0.2) is 102 Å². The van der Waals surface area contributed by atoms with Crippen molar-refractivity contribution in [3.05, 3.63) is 23.7 Å². The summed E-state index contributed by atoms with van der Waals surface area (Å²) in [4.78, 5) is 27.8. The van der Waals surface area contributed by atoms with E-state index in [4.69, 9.17) is 9.84 Å². The first-order chi connectivity index (χ1) is 15.2. The zero-order chi connectivity index (χ0) is 21.6. The van der Waals surface area contributed by atoms with Crippen molar-refractivity contribution in [1.82, 2.24) is 24.5 Å². The number of aliphatic imine (C=N–C) groups is 2. The fourth-order valence-corrected chi connectivity index (χ4v) is 4.47. The zero-order valence-corrected chi connectivity index (χ0v) is 18.4. The van der Waals surface area contributed by atoms with Gasteiger partial charge in [0.05, 0.1) is 24.7 Å². The smallest absolute Gasteiger partial charge is 0.236 e. The molecular weight excluding hydrogens is 394 g/mol. The van der Waals surface area contributed by atoms with Crippen molar-refractivity contribution in [3.8, 4) is 0 Å². The van der Waals surface area contributed by atoms with Crippen LogP contribution in [0.4, 0.5) is 0 Å². The van der Waals surface area contributed by atoms with Gasteiger partial charge in [-0.3, -0.25) is 24.6 Å². The molecule has 2 aliphatic heterocycles. The summed E-state index contributed by atoms with van der Waals surface area (Å²) in [5, 5.41) is 4.69. The Kier molecular flexibility index (Phi) is 7.26. The quantitative estimate of drug-likeness (QED) is 0.581. The largest absolute Gasteiger partial charge is 0.363 e. The van der Waals surface area contributed by atoms with Gasteiger partial charge in [0.15, 0.2) is 0 Å². The lowest BCUT2D eigenvalue weighted by molar-refractivity contribution is -0.135. The molecule has 0 aromatic carbocycles. The number of fused-ring (bicyclic) bond motifs is 1. The molecule has 0 bridgehead atoms. The molecule has 4 rings (SSSR count). The second-order valence-corrected chi connectivity index (χ2v) is 8.47. The van der Waals surface area contributed by atoms with E-state index in [9.17, 15) is 4.79 Å². The summed E-state index contributed by atoms with van der Waals surface area (Å²) < 4.78 is 6.75. The second-order valence-electron chi connectivity index (χ2n) is 8.47. The number of amides is 1. The van der Waals surface area contributed by atoms with Gasteiger partial charge >= 0.3 is 0 Å². The lowest BCUT2D eigenvalue weighted by Crippen LogP contribution is -2.55. The van der Waals surface area contributed by atoms with Gasteiger partial charge in [0.2, 0.25) is 5.91 Å². The molecule has 9 heteroatoms. The molecule has 168 valence electrons. The van der Waals surface area contributed by atoms with E-state index in [1.165, 1.54) is 19.3 Å². The maximum atomic E-state index is 12.9. The maximum Gasteiger partial charge on any atom is 0.236 e. The van der Waals surface area contributed by atoms with Crippen LogP contribution in [0.1, 0.15) is 30.5 Å². The molecule has 1 amide bonds. The molecule has 0 unspecified atom stereocenters. The Morgan fingerprint density at radius 2 is 2.10 bits per heavy atom. The minimum Gasteiger partial charge on any atom is -0.363 e. The molecule has 0 spiro atoms. The second kappa shape index (κ2) is 10.3. The van der Waals surface area contributed by atoms with Gasteiger partial charge in [-0.05, 0) is 19.6 Å². The lowest BCUT2D eigenvalue weighted by Gasteiger charge is -2.43. The number of rotatable bonds is 8. The molecule has 1 saturated carbocycles. The normalized spacial score (nSPS) is 21.3. The molecule has 3 aliphatic rings. The highest BCUT2D eigenvalue weighted by Gasteiger charge is 2.30. The number of nitrogens with zero attached hydrogens (tertiary/aromatic N) is 7. The lowest BCUT2D eigenvalue weighted by atomic mass is 9.91. The Morgan fingerprint density at radius 1 is 1.29 bits per heavy atom. The van der Waals surface area contributed by atoms with Crippen LogP contribution in [0.5, 0.6) is 0 Å². The van der Waals surface area contributed by atoms with Gasteiger partial charge < -0.3 is 9.64 Å². The molecular formula is C22H33N7O2. The number of piperazine rings is 1. The van der Waals surface area contributed by atoms with Crippen molar-refractivity contribution in [3.63, 3.8) is 0 Å². The van der Waals surface area contributed by atoms with Gasteiger partial charge in [0.1, 0.15) is 12.4 Å². The molecule has 1 aliphatic carbocycles. The van der Waals surface area contributed by atoms with E-state index in [-0.39, 0.29) is 12.6 Å². The SMILES string of the molecule is C=N/C=C(\C=N/COC)n1cc2c(n1)CCN(CC(=O)N1CCN(C3CCC3)CC1)C2. The highest BCUT2D eigenvalue weighted by Crippen LogP contribution is 2.25. The van der Waals surface area contributed by atoms with Gasteiger partial charge in [-0.1, -0.05) is 6.42 Å². The van der Waals surface area contributed by atoms with Crippen molar-refractivity contribution in [1.29, 1.82) is 0 Å². The Labute approximate surface area is 184 Å². The third-order valence-electron chi connectivity index (χ3n) is 6.47. The van der Waals surface area contributed by atoms with Gasteiger partial charge in [0, 0.05) is 70.6 Å². The van der Waals surface area contributed by atoms with E-state index in [1.807, 2.05) is 11.1 Å². The summed E-state index contributed by atoms with van der Waals surface area (Å²) in [5.41, 5.74) is 2.94. The van der Waals surface area contributed by atoms with Crippen LogP contribution in [-0.2, 0) is 22.5 Å². The van der Waals surface area contributed by atoms with Gasteiger partial charge in [0.25, 0.3) is 0 Å². The first-order valence-electron chi connectivity index (χ1n) is 11.1. The number of carbonyl (C=O) groups excluding carboxylic acids is 1. The molecule has 1 aromatic rings. The third kappa shape index (κ3) is 5.28. The summed E-state index contributed by atoms with van der Waals surface area (Å²) in [6, 6.07) is 0.768. The molecule has 3 heterocycles. The van der Waals surface area contributed by atoms with E-state index in [0.717, 1.165) is 68.7 Å². The van der Waals surface area contributed by atoms with Crippen LogP contribution in [0.15, 0.2) is 22.4 Å². The maximum absolute atomic E-state index is 12.9. The van der Waals surface area contributed by atoms with Gasteiger partial charge in [-0.25, -0.2) is 4.68 Å². The summed E-state index contributed by atoms with van der Waals surface area (Å²) >= 11 is 0. The summed E-state index contributed by atoms with van der Waals surface area (Å²) in [6.45, 7) is 9.61. The van der Waals surface area contributed by atoms with Crippen LogP contribution in [0.2, 0.25) is 0 Å². The number of hydrogen-bond acceptors (Lipinski definition) is 7. The highest BCUT2D eigenvalue weighted by atomic mass is 16.5. The van der Waals surface area contributed by atoms with Gasteiger partial charge in [-0.15, -0.1) is 0 Å². The van der Waals surface area contributed by atoms with E-state index in [2.05, 4.69) is 26.5 Å². The van der Waals surface area contributed by atoms with Crippen LogP contribution >= 0.6 is 0 Å². The number of allylic oxidation sites excluding steroid dienone is 1. The fourth-order valence-electron chi connectivity index (χ4n) is 4.47. The molecule has 0 radical (unpaired) electrons. The highest BCUT2D eigenvalue weighted by molar-refractivity contribution is 6.01. The number of ether oxygens (including phenoxy) is 1. The van der Waals surface area contributed by atoms with Crippen LogP contribution in [0, 0.1) is 0 Å². The first kappa shape index (κ1) is 21.9. The van der Waals surface area contributed by atoms with Crippen molar-refractivity contribution >= 4 is 24.5 Å². The number of methoxy groups -OCH3 is 1. The van der Waals surface area contributed by atoms with Crippen molar-refractivity contribution in [2.24, 2.45) is 9.98 Å². The fraction of sp³-hybridized carbons (Fsp3) is 0.636. The number of hydrogen-bond donors (Lipinski definition) is 0. The minimum atomic E-state index is 0.243. The number of carbonyl (C=O) groups is 1. The summed E-state index contributed by atoms with van der Waals surface area (Å²) in [7, 11) is 1.60. The minimum absolute atomic E-state index is 0.243. The Morgan fingerprint density at radius 3 is 2.77 bits per heavy atom. The molecule has 1 aromatic heterocycles. The van der Waals surface area contributed by atoms with Crippen LogP contribution < -0.4 is 0 Å². The van der Waals surface area contributed by atoms with Crippen molar-refractivity contribution in [2.75, 3.05) is 53.1 Å². The molecule has 0 atom stereocenters. The third-order valence-corrected chi connectivity index (χ3v) is 6.47. The van der Waals surface area contributed by atoms with Crippen LogP contribution in [0.25, 0.3) is 5.70 Å². The predicted molar refractivity (Wildman–Crippen MR) is 121 cm³/mol. The first-order valence-corrected chi connectivity index (χ1v) is 11.1. The van der Waals surface area contributed by atoms with Gasteiger partial charge in [-0.2, -0.15) is 5.10 Å². The molecule has 1 saturated heterocycles. The summed E-state index contributed by atoms with van der Waals surface area (Å²) in [5.74, 6) is 0.243. The van der Waals surface area contributed by atoms with E-state index in [0.29, 0.717) is 6.54 Å². The average Bonchev–Trinajstić information content (AvgIpc) is 3.16. The topological polar surface area (TPSA) is 78.6 Å². The zero-order valence-electron chi connectivity index (χ0n) is 18.4. The van der Waals surface area contributed by atoms with E-state index in [1.54, 1.807) is 24.2 Å². The van der Waals surface area contributed by atoms with Crippen LogP contribution in [0.3, 0.4) is 0 Å². The Bertz CT molecular complexity index is 835.